The first kappa shape index (κ1) is 18.6. The van der Waals surface area contributed by atoms with Crippen LogP contribution in [0, 0.1) is 5.92 Å². The summed E-state index contributed by atoms with van der Waals surface area (Å²) in [5, 5.41) is 12.8. The SMILES string of the molecule is N[C@@H]1C[C@@H](C(=O)NCCC(c2ccccc2)c2ccccc2)CC[C@H]1O. The van der Waals surface area contributed by atoms with E-state index in [9.17, 15) is 9.90 Å². The molecule has 0 aliphatic heterocycles. The molecule has 4 heteroatoms. The third-order valence-electron chi connectivity index (χ3n) is 5.37. The Hall–Kier alpha value is -2.17. The summed E-state index contributed by atoms with van der Waals surface area (Å²) in [7, 11) is 0. The summed E-state index contributed by atoms with van der Waals surface area (Å²) in [5.74, 6) is 0.237. The number of nitrogens with two attached hydrogens (primary N) is 1. The van der Waals surface area contributed by atoms with Crippen LogP contribution >= 0.6 is 0 Å². The van der Waals surface area contributed by atoms with Gasteiger partial charge in [-0.15, -0.1) is 0 Å². The lowest BCUT2D eigenvalue weighted by atomic mass is 9.83. The third-order valence-corrected chi connectivity index (χ3v) is 5.37. The zero-order chi connectivity index (χ0) is 18.4. The maximum absolute atomic E-state index is 12.5. The number of amides is 1. The molecule has 2 aromatic carbocycles. The molecule has 3 rings (SSSR count). The van der Waals surface area contributed by atoms with Gasteiger partial charge in [0.1, 0.15) is 0 Å². The fourth-order valence-corrected chi connectivity index (χ4v) is 3.81. The second kappa shape index (κ2) is 8.97. The highest BCUT2D eigenvalue weighted by Gasteiger charge is 2.30. The van der Waals surface area contributed by atoms with Crippen molar-refractivity contribution in [1.82, 2.24) is 5.32 Å². The smallest absolute Gasteiger partial charge is 0.223 e. The van der Waals surface area contributed by atoms with E-state index in [0.717, 1.165) is 6.42 Å². The molecular formula is C22H28N2O2. The van der Waals surface area contributed by atoms with Crippen molar-refractivity contribution in [2.45, 2.75) is 43.7 Å². The molecule has 1 fully saturated rings. The average molecular weight is 352 g/mol. The number of benzene rings is 2. The Morgan fingerprint density at radius 2 is 1.62 bits per heavy atom. The number of hydrogen-bond donors (Lipinski definition) is 3. The molecule has 3 atom stereocenters. The highest BCUT2D eigenvalue weighted by Crippen LogP contribution is 2.28. The zero-order valence-electron chi connectivity index (χ0n) is 15.1. The Kier molecular flexibility index (Phi) is 6.42. The Morgan fingerprint density at radius 1 is 1.04 bits per heavy atom. The number of nitrogens with one attached hydrogen (secondary N) is 1. The largest absolute Gasteiger partial charge is 0.392 e. The molecule has 138 valence electrons. The van der Waals surface area contributed by atoms with Crippen molar-refractivity contribution < 1.29 is 9.90 Å². The molecule has 0 unspecified atom stereocenters. The number of aliphatic hydroxyl groups excluding tert-OH is 1. The van der Waals surface area contributed by atoms with E-state index in [0.29, 0.717) is 25.8 Å². The highest BCUT2D eigenvalue weighted by molar-refractivity contribution is 5.78. The van der Waals surface area contributed by atoms with Crippen molar-refractivity contribution in [2.24, 2.45) is 11.7 Å². The van der Waals surface area contributed by atoms with E-state index >= 15 is 0 Å². The normalized spacial score (nSPS) is 23.0. The third kappa shape index (κ3) is 4.71. The number of carbonyl (C=O) groups is 1. The summed E-state index contributed by atoms with van der Waals surface area (Å²) < 4.78 is 0. The molecule has 26 heavy (non-hydrogen) atoms. The molecule has 4 nitrogen and oxygen atoms in total. The minimum absolute atomic E-state index is 0.0622. The van der Waals surface area contributed by atoms with Gasteiger partial charge < -0.3 is 16.2 Å². The van der Waals surface area contributed by atoms with E-state index in [-0.39, 0.29) is 23.8 Å². The van der Waals surface area contributed by atoms with Gasteiger partial charge in [0.25, 0.3) is 0 Å². The van der Waals surface area contributed by atoms with Crippen molar-refractivity contribution >= 4 is 5.91 Å². The lowest BCUT2D eigenvalue weighted by Gasteiger charge is -2.30. The summed E-state index contributed by atoms with van der Waals surface area (Å²) in [4.78, 5) is 12.5. The number of aliphatic hydroxyl groups is 1. The highest BCUT2D eigenvalue weighted by atomic mass is 16.3. The molecule has 0 radical (unpaired) electrons. The minimum Gasteiger partial charge on any atom is -0.392 e. The average Bonchev–Trinajstić information content (AvgIpc) is 2.68. The maximum atomic E-state index is 12.5. The van der Waals surface area contributed by atoms with Crippen LogP contribution in [0.1, 0.15) is 42.7 Å². The van der Waals surface area contributed by atoms with Crippen LogP contribution in [-0.2, 0) is 4.79 Å². The molecule has 0 heterocycles. The Morgan fingerprint density at radius 3 is 2.15 bits per heavy atom. The molecule has 0 aromatic heterocycles. The van der Waals surface area contributed by atoms with Gasteiger partial charge in [0.2, 0.25) is 5.91 Å². The first-order chi connectivity index (χ1) is 12.6. The van der Waals surface area contributed by atoms with Gasteiger partial charge in [-0.25, -0.2) is 0 Å². The van der Waals surface area contributed by atoms with E-state index in [1.54, 1.807) is 0 Å². The lowest BCUT2D eigenvalue weighted by molar-refractivity contribution is -0.126. The molecule has 1 aliphatic carbocycles. The number of hydrogen-bond acceptors (Lipinski definition) is 3. The van der Waals surface area contributed by atoms with E-state index in [2.05, 4.69) is 53.8 Å². The first-order valence-corrected chi connectivity index (χ1v) is 9.46. The van der Waals surface area contributed by atoms with E-state index in [4.69, 9.17) is 5.73 Å². The molecule has 0 spiro atoms. The molecule has 1 saturated carbocycles. The molecule has 1 aliphatic rings. The van der Waals surface area contributed by atoms with Crippen LogP contribution in [-0.4, -0.2) is 29.7 Å². The van der Waals surface area contributed by atoms with Gasteiger partial charge in [0.15, 0.2) is 0 Å². The molecule has 1 amide bonds. The molecule has 4 N–H and O–H groups in total. The van der Waals surface area contributed by atoms with Crippen LogP contribution in [0.15, 0.2) is 60.7 Å². The summed E-state index contributed by atoms with van der Waals surface area (Å²) in [6, 6.07) is 20.5. The molecule has 0 bridgehead atoms. The van der Waals surface area contributed by atoms with E-state index in [1.165, 1.54) is 11.1 Å². The topological polar surface area (TPSA) is 75.4 Å². The van der Waals surface area contributed by atoms with E-state index < -0.39 is 6.10 Å². The van der Waals surface area contributed by atoms with Gasteiger partial charge in [0.05, 0.1) is 6.10 Å². The zero-order valence-corrected chi connectivity index (χ0v) is 15.1. The molecule has 2 aromatic rings. The van der Waals surface area contributed by atoms with Crippen molar-refractivity contribution in [3.8, 4) is 0 Å². The number of rotatable bonds is 6. The van der Waals surface area contributed by atoms with Crippen molar-refractivity contribution in [3.63, 3.8) is 0 Å². The van der Waals surface area contributed by atoms with Gasteiger partial charge in [-0.2, -0.15) is 0 Å². The standard InChI is InChI=1S/C22H28N2O2/c23-20-15-18(11-12-21(20)25)22(26)24-14-13-19(16-7-3-1-4-8-16)17-9-5-2-6-10-17/h1-10,18-21,25H,11-15,23H2,(H,24,26)/t18-,20+,21+/m0/s1. The summed E-state index contributed by atoms with van der Waals surface area (Å²) in [6.45, 7) is 0.627. The van der Waals surface area contributed by atoms with Crippen LogP contribution in [0.3, 0.4) is 0 Å². The predicted octanol–water partition coefficient (Wildman–Crippen LogP) is 2.81. The van der Waals surface area contributed by atoms with Crippen molar-refractivity contribution in [2.75, 3.05) is 6.54 Å². The first-order valence-electron chi connectivity index (χ1n) is 9.46. The van der Waals surface area contributed by atoms with Crippen LogP contribution in [0.25, 0.3) is 0 Å². The lowest BCUT2D eigenvalue weighted by Crippen LogP contribution is -2.45. The monoisotopic (exact) mass is 352 g/mol. The summed E-state index contributed by atoms with van der Waals surface area (Å²) in [5.41, 5.74) is 8.43. The summed E-state index contributed by atoms with van der Waals surface area (Å²) >= 11 is 0. The van der Waals surface area contributed by atoms with Gasteiger partial charge in [0, 0.05) is 24.4 Å². The molecule has 0 saturated heterocycles. The van der Waals surface area contributed by atoms with Crippen LogP contribution < -0.4 is 11.1 Å². The van der Waals surface area contributed by atoms with Gasteiger partial charge >= 0.3 is 0 Å². The Bertz CT molecular complexity index is 650. The van der Waals surface area contributed by atoms with Crippen LogP contribution in [0.4, 0.5) is 0 Å². The predicted molar refractivity (Wildman–Crippen MR) is 104 cm³/mol. The van der Waals surface area contributed by atoms with Crippen LogP contribution in [0.5, 0.6) is 0 Å². The second-order valence-corrected chi connectivity index (χ2v) is 7.19. The van der Waals surface area contributed by atoms with Gasteiger partial charge in [-0.05, 0) is 36.8 Å². The Labute approximate surface area is 155 Å². The molecular weight excluding hydrogens is 324 g/mol. The van der Waals surface area contributed by atoms with Gasteiger partial charge in [-0.3, -0.25) is 4.79 Å². The Balaban J connectivity index is 1.59. The maximum Gasteiger partial charge on any atom is 0.223 e. The van der Waals surface area contributed by atoms with E-state index in [1.807, 2.05) is 12.1 Å². The fraction of sp³-hybridized carbons (Fsp3) is 0.409. The second-order valence-electron chi connectivity index (χ2n) is 7.19. The van der Waals surface area contributed by atoms with Crippen LogP contribution in [0.2, 0.25) is 0 Å². The van der Waals surface area contributed by atoms with Crippen molar-refractivity contribution in [1.29, 1.82) is 0 Å². The quantitative estimate of drug-likeness (QED) is 0.748. The van der Waals surface area contributed by atoms with Crippen molar-refractivity contribution in [3.05, 3.63) is 71.8 Å². The summed E-state index contributed by atoms with van der Waals surface area (Å²) in [6.07, 6.45) is 2.26. The fourth-order valence-electron chi connectivity index (χ4n) is 3.81. The van der Waals surface area contributed by atoms with Gasteiger partial charge in [-0.1, -0.05) is 60.7 Å². The number of carbonyl (C=O) groups excluding carboxylic acids is 1. The minimum atomic E-state index is -0.473.